The van der Waals surface area contributed by atoms with Gasteiger partial charge in [0.2, 0.25) is 0 Å². The van der Waals surface area contributed by atoms with Crippen LogP contribution >= 0.6 is 0 Å². The van der Waals surface area contributed by atoms with E-state index in [-0.39, 0.29) is 13.0 Å². The van der Waals surface area contributed by atoms with Crippen LogP contribution in [0.3, 0.4) is 0 Å². The monoisotopic (exact) mass is 130 g/mol. The van der Waals surface area contributed by atoms with Crippen LogP contribution in [0.25, 0.3) is 0 Å². The van der Waals surface area contributed by atoms with Gasteiger partial charge in [-0.1, -0.05) is 12.8 Å². The Hall–Kier alpha value is -1.01. The van der Waals surface area contributed by atoms with Gasteiger partial charge in [-0.05, 0) is 0 Å². The highest BCUT2D eigenvalue weighted by Crippen LogP contribution is 1.67. The van der Waals surface area contributed by atoms with Gasteiger partial charge in [0, 0.05) is 6.42 Å². The second-order valence-electron chi connectivity index (χ2n) is 1.11. The molecule has 0 saturated heterocycles. The molecule has 0 radical (unpaired) electrons. The molecule has 52 valence electrons. The predicted molar refractivity (Wildman–Crippen MR) is 33.8 cm³/mol. The number of carbonyl (C=O) groups is 1. The Kier molecular flexibility index (Phi) is 12.2. The molecule has 0 heterocycles. The Morgan fingerprint density at radius 3 is 2.00 bits per heavy atom. The Bertz CT molecular complexity index is 101. The third-order valence-electron chi connectivity index (χ3n) is 0.394. The van der Waals surface area contributed by atoms with Gasteiger partial charge in [-0.25, -0.2) is 0 Å². The number of hydrogen-bond donors (Lipinski definition) is 2. The summed E-state index contributed by atoms with van der Waals surface area (Å²) in [5.41, 5.74) is 0. The zero-order valence-electron chi connectivity index (χ0n) is 5.29. The van der Waals surface area contributed by atoms with Crippen molar-refractivity contribution in [1.82, 2.24) is 0 Å². The lowest BCUT2D eigenvalue weighted by Crippen LogP contribution is -1.86. The lowest BCUT2D eigenvalue weighted by molar-refractivity contribution is -0.136. The molecule has 0 aromatic rings. The first-order valence-corrected chi connectivity index (χ1v) is 2.45. The molecule has 0 aromatic heterocycles. The number of carboxylic acid groups (broad SMARTS) is 1. The van der Waals surface area contributed by atoms with Crippen LogP contribution in [0.15, 0.2) is 0 Å². The number of terminal acetylenes is 1. The van der Waals surface area contributed by atoms with E-state index in [4.69, 9.17) is 10.2 Å². The molecule has 0 aliphatic rings. The highest BCUT2D eigenvalue weighted by Gasteiger charge is 1.80. The van der Waals surface area contributed by atoms with E-state index in [1.807, 2.05) is 5.92 Å². The average Bonchev–Trinajstić information content (AvgIpc) is 1.89. The minimum atomic E-state index is -0.745. The van der Waals surface area contributed by atoms with Gasteiger partial charge in [-0.15, -0.1) is 6.42 Å². The SMILES string of the molecule is C#CCO.CCC(=O)O. The van der Waals surface area contributed by atoms with Crippen LogP contribution in [-0.4, -0.2) is 22.8 Å². The summed E-state index contributed by atoms with van der Waals surface area (Å²) in [5, 5.41) is 15.4. The summed E-state index contributed by atoms with van der Waals surface area (Å²) in [4.78, 5) is 9.37. The Balaban J connectivity index is 0. The number of hydrogen-bond acceptors (Lipinski definition) is 2. The van der Waals surface area contributed by atoms with Gasteiger partial charge < -0.3 is 10.2 Å². The maximum Gasteiger partial charge on any atom is 0.303 e. The maximum absolute atomic E-state index is 9.37. The Morgan fingerprint density at radius 1 is 1.78 bits per heavy atom. The topological polar surface area (TPSA) is 57.5 Å². The highest BCUT2D eigenvalue weighted by atomic mass is 16.4. The number of rotatable bonds is 1. The molecule has 0 saturated carbocycles. The van der Waals surface area contributed by atoms with Crippen molar-refractivity contribution >= 4 is 5.97 Å². The molecule has 0 atom stereocenters. The molecule has 0 spiro atoms. The molecule has 0 bridgehead atoms. The van der Waals surface area contributed by atoms with Gasteiger partial charge in [0.15, 0.2) is 0 Å². The zero-order valence-corrected chi connectivity index (χ0v) is 5.29. The number of carboxylic acids is 1. The second-order valence-corrected chi connectivity index (χ2v) is 1.11. The van der Waals surface area contributed by atoms with Gasteiger partial charge in [0.05, 0.1) is 0 Å². The largest absolute Gasteiger partial charge is 0.481 e. The fraction of sp³-hybridized carbons (Fsp3) is 0.500. The van der Waals surface area contributed by atoms with Crippen LogP contribution in [0.5, 0.6) is 0 Å². The van der Waals surface area contributed by atoms with E-state index < -0.39 is 5.97 Å². The molecule has 9 heavy (non-hydrogen) atoms. The number of aliphatic hydroxyl groups is 1. The fourth-order valence-electron chi connectivity index (χ4n) is 0. The number of aliphatic hydroxyl groups excluding tert-OH is 1. The second kappa shape index (κ2) is 10.1. The van der Waals surface area contributed by atoms with E-state index in [0.29, 0.717) is 0 Å². The summed E-state index contributed by atoms with van der Waals surface area (Å²) in [6, 6.07) is 0. The van der Waals surface area contributed by atoms with E-state index in [1.54, 1.807) is 6.92 Å². The molecule has 0 unspecified atom stereocenters. The van der Waals surface area contributed by atoms with Crippen molar-refractivity contribution in [2.45, 2.75) is 13.3 Å². The van der Waals surface area contributed by atoms with Gasteiger partial charge >= 0.3 is 5.97 Å². The first-order valence-electron chi connectivity index (χ1n) is 2.45. The van der Waals surface area contributed by atoms with Crippen molar-refractivity contribution in [3.05, 3.63) is 0 Å². The lowest BCUT2D eigenvalue weighted by Gasteiger charge is -1.71. The summed E-state index contributed by atoms with van der Waals surface area (Å²) in [5.74, 6) is 1.24. The van der Waals surface area contributed by atoms with E-state index in [9.17, 15) is 4.79 Å². The maximum atomic E-state index is 9.37. The van der Waals surface area contributed by atoms with Gasteiger partial charge in [0.25, 0.3) is 0 Å². The summed E-state index contributed by atoms with van der Waals surface area (Å²) < 4.78 is 0. The van der Waals surface area contributed by atoms with Crippen LogP contribution in [0.2, 0.25) is 0 Å². The smallest absolute Gasteiger partial charge is 0.303 e. The van der Waals surface area contributed by atoms with E-state index in [0.717, 1.165) is 0 Å². The quantitative estimate of drug-likeness (QED) is 0.495. The van der Waals surface area contributed by atoms with Crippen LogP contribution in [-0.2, 0) is 4.79 Å². The summed E-state index contributed by atoms with van der Waals surface area (Å²) in [7, 11) is 0. The molecule has 0 aromatic carbocycles. The first-order chi connectivity index (χ1) is 4.18. The molecule has 3 nitrogen and oxygen atoms in total. The molecule has 0 amide bonds. The van der Waals surface area contributed by atoms with Gasteiger partial charge in [0.1, 0.15) is 6.61 Å². The molecule has 0 fully saturated rings. The van der Waals surface area contributed by atoms with Crippen molar-refractivity contribution in [3.8, 4) is 12.3 Å². The Morgan fingerprint density at radius 2 is 2.00 bits per heavy atom. The molecule has 0 aliphatic heterocycles. The van der Waals surface area contributed by atoms with Crippen molar-refractivity contribution in [1.29, 1.82) is 0 Å². The average molecular weight is 130 g/mol. The van der Waals surface area contributed by atoms with Crippen molar-refractivity contribution in [3.63, 3.8) is 0 Å². The van der Waals surface area contributed by atoms with E-state index in [2.05, 4.69) is 6.42 Å². The third-order valence-corrected chi connectivity index (χ3v) is 0.394. The molecule has 2 N–H and O–H groups in total. The van der Waals surface area contributed by atoms with Crippen LogP contribution < -0.4 is 0 Å². The van der Waals surface area contributed by atoms with E-state index >= 15 is 0 Å². The first kappa shape index (κ1) is 10.9. The van der Waals surface area contributed by atoms with Gasteiger partial charge in [-0.2, -0.15) is 0 Å². The number of aliphatic carboxylic acids is 1. The Labute approximate surface area is 54.3 Å². The van der Waals surface area contributed by atoms with Crippen LogP contribution in [0.1, 0.15) is 13.3 Å². The molecule has 0 rings (SSSR count). The third kappa shape index (κ3) is 44.0. The van der Waals surface area contributed by atoms with Crippen molar-refractivity contribution in [2.75, 3.05) is 6.61 Å². The van der Waals surface area contributed by atoms with Crippen molar-refractivity contribution in [2.24, 2.45) is 0 Å². The minimum Gasteiger partial charge on any atom is -0.481 e. The molecule has 3 heteroatoms. The predicted octanol–water partition coefficient (Wildman–Crippen LogP) is 0.0929. The lowest BCUT2D eigenvalue weighted by atomic mass is 10.5. The minimum absolute atomic E-state index is 0.153. The van der Waals surface area contributed by atoms with Gasteiger partial charge in [-0.3, -0.25) is 4.79 Å². The molecular formula is C6H10O3. The normalized spacial score (nSPS) is 6.33. The zero-order chi connectivity index (χ0) is 7.70. The van der Waals surface area contributed by atoms with Crippen LogP contribution in [0.4, 0.5) is 0 Å². The van der Waals surface area contributed by atoms with Crippen LogP contribution in [0, 0.1) is 12.3 Å². The fourth-order valence-corrected chi connectivity index (χ4v) is 0. The summed E-state index contributed by atoms with van der Waals surface area (Å²) in [6.07, 6.45) is 4.75. The van der Waals surface area contributed by atoms with E-state index in [1.165, 1.54) is 0 Å². The summed E-state index contributed by atoms with van der Waals surface area (Å²) in [6.45, 7) is 1.45. The standard InChI is InChI=1S/C3H6O2.C3H4O/c1-2-3(4)5;1-2-3-4/h2H2,1H3,(H,4,5);1,4H,3H2. The molecular weight excluding hydrogens is 120 g/mol. The highest BCUT2D eigenvalue weighted by molar-refractivity contribution is 5.66. The molecule has 0 aliphatic carbocycles. The van der Waals surface area contributed by atoms with Crippen molar-refractivity contribution < 1.29 is 15.0 Å². The summed E-state index contributed by atoms with van der Waals surface area (Å²) >= 11 is 0.